The van der Waals surface area contributed by atoms with Gasteiger partial charge in [-0.2, -0.15) is 0 Å². The molecule has 0 amide bonds. The first kappa shape index (κ1) is 54.1. The maximum Gasteiger partial charge on any atom is 0.168 e. The van der Waals surface area contributed by atoms with E-state index in [1.165, 1.54) is 244 Å². The van der Waals surface area contributed by atoms with Gasteiger partial charge in [0.25, 0.3) is 0 Å². The molecule has 12 fully saturated rings. The standard InChI is InChI=1S/C66H108F5N3/c67-62-61(63(68)65(70)66(71)64(62)69)47-23-21-43(22-24-47)44-25-37-56(38-26-44)74-59-39-31-48(45-27-33-54(34-28-45)72(50-13-5-1-6-14-50)51-15-7-2-8-16-51)41-57(59)58-42-49(32-40-60(58)74)46-29-35-55(36-30-46)73(52-17-9-3-10-18-52)53-19-11-4-12-20-53/h43-66H,1-42H2. The molecule has 11 saturated carbocycles. The molecule has 1 saturated heterocycles. The Morgan fingerprint density at radius 1 is 0.243 bits per heavy atom. The fraction of sp³-hybridized carbons (Fsp3) is 1.00. The van der Waals surface area contributed by atoms with Crippen LogP contribution in [0.5, 0.6) is 0 Å². The van der Waals surface area contributed by atoms with Crippen molar-refractivity contribution in [3.63, 3.8) is 0 Å². The summed E-state index contributed by atoms with van der Waals surface area (Å²) in [5.41, 5.74) is 0. The number of rotatable bonds is 11. The third kappa shape index (κ3) is 11.3. The lowest BCUT2D eigenvalue weighted by Crippen LogP contribution is -2.55. The maximum atomic E-state index is 15.1. The van der Waals surface area contributed by atoms with Gasteiger partial charge in [-0.05, 0) is 246 Å². The number of alkyl halides is 5. The lowest BCUT2D eigenvalue weighted by Gasteiger charge is -2.50. The van der Waals surface area contributed by atoms with Gasteiger partial charge in [-0.3, -0.25) is 14.7 Å². The molecule has 12 aliphatic rings. The number of fused-ring (bicyclic) bond motifs is 3. The van der Waals surface area contributed by atoms with Crippen LogP contribution in [-0.4, -0.2) is 99.9 Å². The molecular formula is C66H108F5N3. The van der Waals surface area contributed by atoms with Crippen LogP contribution in [0.2, 0.25) is 0 Å². The number of hydrogen-bond acceptors (Lipinski definition) is 3. The summed E-state index contributed by atoms with van der Waals surface area (Å²) in [5.74, 6) is 4.96. The Bertz CT molecular complexity index is 1560. The molecule has 8 heteroatoms. The fourth-order valence-electron chi connectivity index (χ4n) is 22.3. The Labute approximate surface area is 448 Å². The number of nitrogens with zero attached hydrogens (tertiary/aromatic N) is 3. The average molecular weight is 1040 g/mol. The van der Waals surface area contributed by atoms with Crippen molar-refractivity contribution in [3.8, 4) is 0 Å². The van der Waals surface area contributed by atoms with Crippen molar-refractivity contribution >= 4 is 0 Å². The second kappa shape index (κ2) is 24.7. The predicted molar refractivity (Wildman–Crippen MR) is 293 cm³/mol. The molecule has 3 nitrogen and oxygen atoms in total. The second-order valence-corrected chi connectivity index (χ2v) is 29.3. The molecule has 0 radical (unpaired) electrons. The highest BCUT2D eigenvalue weighted by atomic mass is 19.2. The molecule has 422 valence electrons. The van der Waals surface area contributed by atoms with Gasteiger partial charge in [0.15, 0.2) is 18.5 Å². The van der Waals surface area contributed by atoms with Crippen molar-refractivity contribution in [2.45, 2.75) is 355 Å². The van der Waals surface area contributed by atoms with E-state index in [2.05, 4.69) is 14.7 Å². The van der Waals surface area contributed by atoms with Gasteiger partial charge < -0.3 is 0 Å². The van der Waals surface area contributed by atoms with E-state index < -0.39 is 36.8 Å². The van der Waals surface area contributed by atoms with Crippen LogP contribution in [0.3, 0.4) is 0 Å². The molecule has 0 N–H and O–H groups in total. The molecule has 74 heavy (non-hydrogen) atoms. The minimum atomic E-state index is -2.69. The highest BCUT2D eigenvalue weighted by Gasteiger charge is 2.58. The first-order valence-electron chi connectivity index (χ1n) is 33.8. The number of likely N-dealkylation sites (tertiary alicyclic amines) is 1. The summed E-state index contributed by atoms with van der Waals surface area (Å²) < 4.78 is 73.2. The van der Waals surface area contributed by atoms with E-state index in [9.17, 15) is 13.2 Å². The van der Waals surface area contributed by atoms with Gasteiger partial charge in [-0.15, -0.1) is 0 Å². The van der Waals surface area contributed by atoms with Gasteiger partial charge in [0.05, 0.1) is 0 Å². The van der Waals surface area contributed by atoms with Gasteiger partial charge in [0, 0.05) is 60.3 Å². The van der Waals surface area contributed by atoms with Gasteiger partial charge in [0.2, 0.25) is 0 Å². The van der Waals surface area contributed by atoms with Crippen molar-refractivity contribution in [2.75, 3.05) is 0 Å². The van der Waals surface area contributed by atoms with Crippen LogP contribution in [0.1, 0.15) is 270 Å². The average Bonchev–Trinajstić information content (AvgIpc) is 3.79. The van der Waals surface area contributed by atoms with Crippen molar-refractivity contribution in [2.24, 2.45) is 59.2 Å². The minimum absolute atomic E-state index is 0.388. The monoisotopic (exact) mass is 1040 g/mol. The summed E-state index contributed by atoms with van der Waals surface area (Å²) in [6, 6.07) is 7.40. The van der Waals surface area contributed by atoms with Crippen LogP contribution in [0.15, 0.2) is 0 Å². The summed E-state index contributed by atoms with van der Waals surface area (Å²) in [6.45, 7) is 0. The molecule has 0 spiro atoms. The largest absolute Gasteiger partial charge is 0.294 e. The van der Waals surface area contributed by atoms with Gasteiger partial charge in [-0.25, -0.2) is 22.0 Å². The highest BCUT2D eigenvalue weighted by Crippen LogP contribution is 2.58. The van der Waals surface area contributed by atoms with Crippen LogP contribution in [0.4, 0.5) is 22.0 Å². The Morgan fingerprint density at radius 2 is 0.514 bits per heavy atom. The molecule has 0 aromatic rings. The fourth-order valence-corrected chi connectivity index (χ4v) is 22.3. The van der Waals surface area contributed by atoms with Crippen LogP contribution < -0.4 is 0 Å². The zero-order chi connectivity index (χ0) is 50.3. The molecule has 1 heterocycles. The van der Waals surface area contributed by atoms with E-state index >= 15 is 8.78 Å². The Hall–Kier alpha value is -0.470. The molecule has 10 unspecified atom stereocenters. The smallest absolute Gasteiger partial charge is 0.168 e. The summed E-state index contributed by atoms with van der Waals surface area (Å²) in [4.78, 5) is 9.66. The Balaban J connectivity index is 0.702. The first-order valence-corrected chi connectivity index (χ1v) is 33.8. The van der Waals surface area contributed by atoms with Crippen molar-refractivity contribution in [1.29, 1.82) is 0 Å². The van der Waals surface area contributed by atoms with Crippen LogP contribution in [-0.2, 0) is 0 Å². The van der Waals surface area contributed by atoms with Crippen molar-refractivity contribution < 1.29 is 22.0 Å². The third-order valence-electron chi connectivity index (χ3n) is 25.9. The Morgan fingerprint density at radius 3 is 0.878 bits per heavy atom. The topological polar surface area (TPSA) is 9.72 Å². The lowest BCUT2D eigenvalue weighted by atomic mass is 9.62. The van der Waals surface area contributed by atoms with Crippen LogP contribution in [0.25, 0.3) is 0 Å². The van der Waals surface area contributed by atoms with E-state index in [4.69, 9.17) is 0 Å². The molecule has 1 aliphatic heterocycles. The summed E-state index contributed by atoms with van der Waals surface area (Å²) in [6.07, 6.45) is 45.8. The predicted octanol–water partition coefficient (Wildman–Crippen LogP) is 17.6. The zero-order valence-corrected chi connectivity index (χ0v) is 46.8. The van der Waals surface area contributed by atoms with Crippen LogP contribution in [0, 0.1) is 59.2 Å². The molecule has 10 atom stereocenters. The molecular weight excluding hydrogens is 930 g/mol. The number of halogens is 5. The van der Waals surface area contributed by atoms with E-state index in [0.717, 1.165) is 96.7 Å². The summed E-state index contributed by atoms with van der Waals surface area (Å²) >= 11 is 0. The molecule has 0 bridgehead atoms. The normalized spacial score (nSPS) is 47.4. The quantitative estimate of drug-likeness (QED) is 0.191. The number of hydrogen-bond donors (Lipinski definition) is 0. The van der Waals surface area contributed by atoms with Gasteiger partial charge in [-0.1, -0.05) is 77.0 Å². The van der Waals surface area contributed by atoms with E-state index in [1.807, 2.05) is 0 Å². The molecule has 0 aromatic heterocycles. The molecule has 12 rings (SSSR count). The van der Waals surface area contributed by atoms with E-state index in [1.54, 1.807) is 0 Å². The van der Waals surface area contributed by atoms with E-state index in [-0.39, 0.29) is 5.92 Å². The molecule has 11 aliphatic carbocycles. The van der Waals surface area contributed by atoms with Crippen LogP contribution >= 0.6 is 0 Å². The van der Waals surface area contributed by atoms with Crippen molar-refractivity contribution in [3.05, 3.63) is 0 Å². The van der Waals surface area contributed by atoms with Gasteiger partial charge in [0.1, 0.15) is 12.3 Å². The van der Waals surface area contributed by atoms with E-state index in [0.29, 0.717) is 30.7 Å². The SMILES string of the molecule is FC1C(F)C(F)C(C2CCC(C3CCC(N4C5CCC(C6CCC(N(C7CCCCC7)C7CCCCC7)CC6)CC5C5CC(C6CCC(N(C7CCCCC7)C7CCCCC7)CC6)CCC54)CC3)CC2)C(F)C1F. The second-order valence-electron chi connectivity index (χ2n) is 29.3. The lowest BCUT2D eigenvalue weighted by molar-refractivity contribution is -0.111. The summed E-state index contributed by atoms with van der Waals surface area (Å²) in [7, 11) is 0. The van der Waals surface area contributed by atoms with Gasteiger partial charge >= 0.3 is 0 Å². The first-order chi connectivity index (χ1) is 36.3. The zero-order valence-electron chi connectivity index (χ0n) is 46.8. The third-order valence-corrected chi connectivity index (χ3v) is 25.9. The minimum Gasteiger partial charge on any atom is -0.294 e. The maximum absolute atomic E-state index is 15.1. The van der Waals surface area contributed by atoms with Crippen molar-refractivity contribution in [1.82, 2.24) is 14.7 Å². The Kier molecular flexibility index (Phi) is 18.1. The summed E-state index contributed by atoms with van der Waals surface area (Å²) in [5, 5.41) is 0. The molecule has 0 aromatic carbocycles. The highest BCUT2D eigenvalue weighted by molar-refractivity contribution is 5.09.